The van der Waals surface area contributed by atoms with Gasteiger partial charge in [-0.2, -0.15) is 21.6 Å². The normalized spacial score (nSPS) is 13.0. The summed E-state index contributed by atoms with van der Waals surface area (Å²) in [6.45, 7) is 4.78. The minimum Gasteiger partial charge on any atom is -0.452 e. The number of esters is 2. The molecule has 1 fully saturated rings. The van der Waals surface area contributed by atoms with Gasteiger partial charge >= 0.3 is 47.0 Å². The molecular formula is C53H57F3NO10PRuS+. The van der Waals surface area contributed by atoms with Crippen molar-refractivity contribution in [2.24, 2.45) is 0 Å². The first-order chi connectivity index (χ1) is 32.5. The van der Waals surface area contributed by atoms with E-state index in [1.54, 1.807) is 49.5 Å². The molecule has 0 amide bonds. The van der Waals surface area contributed by atoms with Gasteiger partial charge in [-0.25, -0.2) is 9.59 Å². The number of hydrogen-bond donors (Lipinski definition) is 1. The Morgan fingerprint density at radius 2 is 1.03 bits per heavy atom. The molecule has 1 N–H and O–H groups in total. The van der Waals surface area contributed by atoms with Gasteiger partial charge in [-0.3, -0.25) is 19.1 Å². The molecule has 7 rings (SSSR count). The molecule has 5 aromatic carbocycles. The second kappa shape index (κ2) is 30.8. The molecule has 6 aromatic rings. The average molecular weight is 1090 g/mol. The molecule has 0 bridgehead atoms. The first-order valence-corrected chi connectivity index (χ1v) is 24.6. The number of ether oxygens (including phenoxy) is 3. The third kappa shape index (κ3) is 20.3. The maximum Gasteiger partial charge on any atom is 1.00 e. The molecule has 0 spiro atoms. The Morgan fingerprint density at radius 3 is 1.47 bits per heavy atom. The summed E-state index contributed by atoms with van der Waals surface area (Å²) in [5.41, 5.74) is -3.12. The molecule has 1 saturated carbocycles. The van der Waals surface area contributed by atoms with Gasteiger partial charge < -0.3 is 21.6 Å². The number of halogens is 3. The fourth-order valence-electron chi connectivity index (χ4n) is 6.41. The molecule has 1 aliphatic carbocycles. The van der Waals surface area contributed by atoms with E-state index in [1.165, 1.54) is 56.6 Å². The van der Waals surface area contributed by atoms with E-state index < -0.39 is 53.8 Å². The molecule has 373 valence electrons. The second-order valence-electron chi connectivity index (χ2n) is 15.3. The number of nitrogens with zero attached hydrogens (tertiary/aromatic N) is 1. The Balaban J connectivity index is 0.000000467. The summed E-state index contributed by atoms with van der Waals surface area (Å²) in [5.74, 6) is -1.86. The van der Waals surface area contributed by atoms with Gasteiger partial charge in [-0.15, -0.1) is 0 Å². The molecule has 70 heavy (non-hydrogen) atoms. The number of alkyl halides is 3. The smallest absolute Gasteiger partial charge is 0.452 e. The first kappa shape index (κ1) is 60.4. The average Bonchev–Trinajstić information content (AvgIpc) is 3.95. The van der Waals surface area contributed by atoms with Gasteiger partial charge in [0.2, 0.25) is 11.6 Å². The van der Waals surface area contributed by atoms with E-state index in [0.29, 0.717) is 16.8 Å². The van der Waals surface area contributed by atoms with E-state index in [0.717, 1.165) is 10.9 Å². The molecule has 1 aliphatic rings. The molecule has 3 unspecified atom stereocenters. The predicted molar refractivity (Wildman–Crippen MR) is 264 cm³/mol. The molecule has 11 nitrogen and oxygen atoms in total. The van der Waals surface area contributed by atoms with Gasteiger partial charge in [-0.1, -0.05) is 135 Å². The molecule has 1 aromatic heterocycles. The van der Waals surface area contributed by atoms with Crippen LogP contribution in [-0.4, -0.2) is 65.3 Å². The monoisotopic (exact) mass is 1090 g/mol. The Labute approximate surface area is 422 Å². The van der Waals surface area contributed by atoms with Crippen LogP contribution in [0.1, 0.15) is 84.8 Å². The number of benzene rings is 5. The van der Waals surface area contributed by atoms with E-state index in [2.05, 4.69) is 29.2 Å². The minimum atomic E-state index is -5.84. The molecule has 17 heteroatoms. The van der Waals surface area contributed by atoms with E-state index in [-0.39, 0.29) is 45.1 Å². The van der Waals surface area contributed by atoms with Gasteiger partial charge in [0.15, 0.2) is 12.2 Å². The molecule has 0 saturated heterocycles. The third-order valence-electron chi connectivity index (χ3n) is 10.1. The molecular weight excluding hydrogens is 1030 g/mol. The first-order valence-electron chi connectivity index (χ1n) is 21.7. The number of aromatic nitrogens is 1. The van der Waals surface area contributed by atoms with Crippen molar-refractivity contribution in [1.29, 1.82) is 0 Å². The van der Waals surface area contributed by atoms with Crippen LogP contribution in [0.25, 0.3) is 0 Å². The maximum atomic E-state index is 12.8. The van der Waals surface area contributed by atoms with Crippen molar-refractivity contribution in [3.8, 4) is 0 Å². The fraction of sp³-hybridized carbons (Fsp3) is 0.245. The van der Waals surface area contributed by atoms with Crippen molar-refractivity contribution < 1.29 is 79.0 Å². The Bertz CT molecular complexity index is 2490. The van der Waals surface area contributed by atoms with Gasteiger partial charge in [0.25, 0.3) is 0 Å². The number of Topliss-reactive ketones (excluding diaryl/α,β-unsaturated/α-hetero) is 1. The van der Waals surface area contributed by atoms with Gasteiger partial charge in [0.1, 0.15) is 27.7 Å². The summed E-state index contributed by atoms with van der Waals surface area (Å²) in [4.78, 5) is 53.9. The summed E-state index contributed by atoms with van der Waals surface area (Å²) in [6, 6.07) is 51.8. The zero-order chi connectivity index (χ0) is 49.5. The van der Waals surface area contributed by atoms with Crippen LogP contribution in [0.3, 0.4) is 0 Å². The van der Waals surface area contributed by atoms with Crippen molar-refractivity contribution >= 4 is 57.5 Å². The molecule has 1 heterocycles. The van der Waals surface area contributed by atoms with Crippen LogP contribution in [0.15, 0.2) is 170 Å². The Morgan fingerprint density at radius 1 is 0.600 bits per heavy atom. The standard InChI is InChI=1S/C34H33O6P.C12H9NO.C5H10.CHF3O3S.CH3.Ru/c1-24(38-23-27-13-7-4-8-14-27)32(35)25(2)39-33(36)26(3)40-34(37)28-19-21-31(22-20-28)41(29-15-9-5-10-16-29)30-17-11-6-12-18-30;14-12(10-6-2-1-3-7-10)11-8-4-5-9-13-11;1-2-4-5-3-1;2-1(3,4)8(5,6)7;;/h4-22,24-26H,23H2,1-3H3;1-9H;1-5H2;(H,5,6,7);1H3;/q;;;;-1;+1/p+1. The predicted octanol–water partition coefficient (Wildman–Crippen LogP) is 9.93. The second-order valence-corrected chi connectivity index (χ2v) is 19.1. The van der Waals surface area contributed by atoms with Crippen molar-refractivity contribution in [1.82, 2.24) is 4.98 Å². The molecule has 3 atom stereocenters. The quantitative estimate of drug-likeness (QED) is 0.0210. The van der Waals surface area contributed by atoms with Crippen molar-refractivity contribution in [3.05, 3.63) is 200 Å². The fourth-order valence-corrected chi connectivity index (χ4v) is 8.97. The van der Waals surface area contributed by atoms with Crippen LogP contribution in [0.4, 0.5) is 13.2 Å². The van der Waals surface area contributed by atoms with Crippen LogP contribution in [0.5, 0.6) is 0 Å². The number of carbonyl (C=O) groups excluding carboxylic acids is 4. The summed E-state index contributed by atoms with van der Waals surface area (Å²) in [6.07, 6.45) is 6.11. The number of ketones is 2. The zero-order valence-corrected chi connectivity index (χ0v) is 42.7. The van der Waals surface area contributed by atoms with Crippen LogP contribution in [0, 0.1) is 7.43 Å². The summed E-state index contributed by atoms with van der Waals surface area (Å²) in [5, 5.41) is 3.59. The Kier molecular flexibility index (Phi) is 26.5. The number of pyridine rings is 1. The van der Waals surface area contributed by atoms with Crippen molar-refractivity contribution in [2.75, 3.05) is 0 Å². The number of hydrogen-bond acceptors (Lipinski definition) is 10. The number of carbonyl (C=O) groups is 4. The summed E-state index contributed by atoms with van der Waals surface area (Å²) < 4.78 is 73.8. The van der Waals surface area contributed by atoms with Crippen molar-refractivity contribution in [3.63, 3.8) is 0 Å². The molecule has 0 aliphatic heterocycles. The Hall–Kier alpha value is -5.76. The van der Waals surface area contributed by atoms with Crippen LogP contribution in [0.2, 0.25) is 0 Å². The summed E-state index contributed by atoms with van der Waals surface area (Å²) >= 11 is 0. The largest absolute Gasteiger partial charge is 1.00 e. The minimum absolute atomic E-state index is 0. The van der Waals surface area contributed by atoms with E-state index >= 15 is 0 Å². The van der Waals surface area contributed by atoms with E-state index in [1.807, 2.05) is 103 Å². The van der Waals surface area contributed by atoms with Crippen LogP contribution in [-0.2, 0) is 60.0 Å². The van der Waals surface area contributed by atoms with Gasteiger partial charge in [0, 0.05) is 11.8 Å². The number of rotatable bonds is 14. The third-order valence-corrected chi connectivity index (χ3v) is 13.4. The topological polar surface area (TPSA) is 163 Å². The van der Waals surface area contributed by atoms with E-state index in [4.69, 9.17) is 27.2 Å². The van der Waals surface area contributed by atoms with E-state index in [9.17, 15) is 32.3 Å². The van der Waals surface area contributed by atoms with Crippen LogP contribution >= 0.6 is 7.92 Å². The SMILES string of the molecule is C1CCCC1.CC(OC(=O)c1ccc([PH+](c2ccccc2)c2ccccc2)cc1)C(=O)OC(C)C(=O)C(C)OCc1ccccc1.O=C(c1ccccc1)c1ccccn1.O=S(=O)(O)C(F)(F)F.[CH3-].[Ru+]. The zero-order valence-electron chi connectivity index (χ0n) is 39.1. The van der Waals surface area contributed by atoms with Crippen molar-refractivity contribution in [2.45, 2.75) is 83.3 Å². The molecule has 1 radical (unpaired) electrons. The van der Waals surface area contributed by atoms with Gasteiger partial charge in [0.05, 0.1) is 20.1 Å². The van der Waals surface area contributed by atoms with Crippen LogP contribution < -0.4 is 15.9 Å². The summed E-state index contributed by atoms with van der Waals surface area (Å²) in [7, 11) is -7.11. The maximum absolute atomic E-state index is 12.8. The van der Waals surface area contributed by atoms with Gasteiger partial charge in [-0.05, 0) is 87.0 Å².